The quantitative estimate of drug-likeness (QED) is 0.910. The first-order valence-corrected chi connectivity index (χ1v) is 8.86. The van der Waals surface area contributed by atoms with Gasteiger partial charge in [0.05, 0.1) is 12.7 Å². The molecule has 1 saturated heterocycles. The van der Waals surface area contributed by atoms with Gasteiger partial charge in [-0.2, -0.15) is 5.10 Å². The van der Waals surface area contributed by atoms with E-state index in [0.29, 0.717) is 19.0 Å². The summed E-state index contributed by atoms with van der Waals surface area (Å²) in [6, 6.07) is 8.25. The van der Waals surface area contributed by atoms with E-state index in [1.54, 1.807) is 0 Å². The van der Waals surface area contributed by atoms with Gasteiger partial charge in [0.2, 0.25) is 5.91 Å². The molecule has 25 heavy (non-hydrogen) atoms. The molecular formula is C20H28N4O. The van der Waals surface area contributed by atoms with Crippen molar-refractivity contribution in [2.45, 2.75) is 33.2 Å². The number of rotatable bonds is 5. The van der Waals surface area contributed by atoms with E-state index in [4.69, 9.17) is 0 Å². The minimum Gasteiger partial charge on any atom is -0.351 e. The van der Waals surface area contributed by atoms with Gasteiger partial charge in [0.15, 0.2) is 0 Å². The van der Waals surface area contributed by atoms with Crippen LogP contribution in [0.3, 0.4) is 0 Å². The Bertz CT molecular complexity index is 750. The topological polar surface area (TPSA) is 50.2 Å². The normalized spacial score (nSPS) is 19.9. The number of carbonyl (C=O) groups is 1. The molecule has 1 aromatic heterocycles. The molecule has 0 spiro atoms. The lowest BCUT2D eigenvalue weighted by Crippen LogP contribution is -2.36. The zero-order chi connectivity index (χ0) is 18.0. The molecule has 1 aromatic carbocycles. The molecule has 1 aliphatic heterocycles. The van der Waals surface area contributed by atoms with Crippen LogP contribution in [0.4, 0.5) is 0 Å². The van der Waals surface area contributed by atoms with Crippen molar-refractivity contribution in [3.8, 4) is 0 Å². The van der Waals surface area contributed by atoms with Gasteiger partial charge in [-0.15, -0.1) is 0 Å². The van der Waals surface area contributed by atoms with E-state index in [1.807, 2.05) is 30.1 Å². The SMILES string of the molecule is Cc1cccc(CNC(=O)CN2C[C@@H](c3cnn(C)c3)C(C)(C)C2)c1. The Hall–Kier alpha value is -2.14. The largest absolute Gasteiger partial charge is 0.351 e. The molecule has 134 valence electrons. The molecule has 5 nitrogen and oxygen atoms in total. The average molecular weight is 340 g/mol. The second-order valence-electron chi connectivity index (χ2n) is 7.92. The van der Waals surface area contributed by atoms with Crippen LogP contribution in [0.2, 0.25) is 0 Å². The molecule has 2 aromatic rings. The molecule has 1 atom stereocenters. The maximum absolute atomic E-state index is 12.3. The molecule has 2 heterocycles. The fourth-order valence-electron chi connectivity index (χ4n) is 3.84. The van der Waals surface area contributed by atoms with Crippen molar-refractivity contribution in [2.75, 3.05) is 19.6 Å². The summed E-state index contributed by atoms with van der Waals surface area (Å²) in [6.45, 7) is 9.47. The fourth-order valence-corrected chi connectivity index (χ4v) is 3.84. The van der Waals surface area contributed by atoms with E-state index in [9.17, 15) is 4.79 Å². The van der Waals surface area contributed by atoms with Crippen LogP contribution in [0.25, 0.3) is 0 Å². The summed E-state index contributed by atoms with van der Waals surface area (Å²) in [7, 11) is 1.95. The molecule has 1 fully saturated rings. The van der Waals surface area contributed by atoms with Crippen LogP contribution < -0.4 is 5.32 Å². The number of amides is 1. The summed E-state index contributed by atoms with van der Waals surface area (Å²) < 4.78 is 1.85. The number of hydrogen-bond acceptors (Lipinski definition) is 3. The fraction of sp³-hybridized carbons (Fsp3) is 0.500. The highest BCUT2D eigenvalue weighted by atomic mass is 16.2. The van der Waals surface area contributed by atoms with Crippen LogP contribution >= 0.6 is 0 Å². The van der Waals surface area contributed by atoms with Gasteiger partial charge < -0.3 is 5.32 Å². The van der Waals surface area contributed by atoms with Gasteiger partial charge in [0.1, 0.15) is 0 Å². The van der Waals surface area contributed by atoms with E-state index in [2.05, 4.69) is 54.4 Å². The van der Waals surface area contributed by atoms with Gasteiger partial charge in [0.25, 0.3) is 0 Å². The van der Waals surface area contributed by atoms with E-state index in [0.717, 1.165) is 18.7 Å². The molecule has 0 radical (unpaired) electrons. The van der Waals surface area contributed by atoms with Crippen molar-refractivity contribution >= 4 is 5.91 Å². The van der Waals surface area contributed by atoms with Crippen molar-refractivity contribution in [3.05, 3.63) is 53.3 Å². The van der Waals surface area contributed by atoms with E-state index < -0.39 is 0 Å². The summed E-state index contributed by atoms with van der Waals surface area (Å²) in [4.78, 5) is 14.6. The van der Waals surface area contributed by atoms with Crippen molar-refractivity contribution in [1.29, 1.82) is 0 Å². The van der Waals surface area contributed by atoms with Crippen LogP contribution in [-0.2, 0) is 18.4 Å². The standard InChI is InChI=1S/C20H28N4O/c1-15-6-5-7-16(8-15)9-21-19(25)13-24-12-18(20(2,3)14-24)17-10-22-23(4)11-17/h5-8,10-11,18H,9,12-14H2,1-4H3,(H,21,25)/t18-/m0/s1. The minimum absolute atomic E-state index is 0.0872. The lowest BCUT2D eigenvalue weighted by Gasteiger charge is -2.24. The summed E-state index contributed by atoms with van der Waals surface area (Å²) in [5.74, 6) is 0.495. The van der Waals surface area contributed by atoms with Gasteiger partial charge >= 0.3 is 0 Å². The van der Waals surface area contributed by atoms with E-state index in [-0.39, 0.29) is 11.3 Å². The van der Waals surface area contributed by atoms with Crippen LogP contribution in [0, 0.1) is 12.3 Å². The Kier molecular flexibility index (Phi) is 4.95. The third kappa shape index (κ3) is 4.28. The number of nitrogens with zero attached hydrogens (tertiary/aromatic N) is 3. The summed E-state index contributed by atoms with van der Waals surface area (Å²) in [6.07, 6.45) is 4.04. The van der Waals surface area contributed by atoms with Gasteiger partial charge in [-0.3, -0.25) is 14.4 Å². The Morgan fingerprint density at radius 1 is 1.40 bits per heavy atom. The third-order valence-corrected chi connectivity index (χ3v) is 5.08. The molecule has 0 bridgehead atoms. The number of aryl methyl sites for hydroxylation is 2. The van der Waals surface area contributed by atoms with Gasteiger partial charge in [-0.25, -0.2) is 0 Å². The molecular weight excluding hydrogens is 312 g/mol. The maximum atomic E-state index is 12.3. The molecule has 1 aliphatic rings. The first-order valence-electron chi connectivity index (χ1n) is 8.86. The third-order valence-electron chi connectivity index (χ3n) is 5.08. The number of nitrogens with one attached hydrogen (secondary N) is 1. The van der Waals surface area contributed by atoms with Crippen molar-refractivity contribution in [1.82, 2.24) is 20.0 Å². The number of carbonyl (C=O) groups excluding carboxylic acids is 1. The number of benzene rings is 1. The van der Waals surface area contributed by atoms with Crippen molar-refractivity contribution in [3.63, 3.8) is 0 Å². The van der Waals surface area contributed by atoms with Crippen LogP contribution in [-0.4, -0.2) is 40.2 Å². The first kappa shape index (κ1) is 17.7. The molecule has 0 saturated carbocycles. The minimum atomic E-state index is 0.0872. The lowest BCUT2D eigenvalue weighted by atomic mass is 9.79. The first-order chi connectivity index (χ1) is 11.8. The lowest BCUT2D eigenvalue weighted by molar-refractivity contribution is -0.122. The zero-order valence-corrected chi connectivity index (χ0v) is 15.6. The van der Waals surface area contributed by atoms with Crippen molar-refractivity contribution < 1.29 is 4.79 Å². The molecule has 0 unspecified atom stereocenters. The number of likely N-dealkylation sites (tertiary alicyclic amines) is 1. The van der Waals surface area contributed by atoms with Gasteiger partial charge in [-0.1, -0.05) is 43.7 Å². The Balaban J connectivity index is 1.55. The van der Waals surface area contributed by atoms with Crippen LogP contribution in [0.15, 0.2) is 36.7 Å². The summed E-state index contributed by atoms with van der Waals surface area (Å²) >= 11 is 0. The smallest absolute Gasteiger partial charge is 0.234 e. The Morgan fingerprint density at radius 2 is 2.20 bits per heavy atom. The summed E-state index contributed by atoms with van der Waals surface area (Å²) in [5.41, 5.74) is 3.76. The Labute approximate surface area is 150 Å². The van der Waals surface area contributed by atoms with Gasteiger partial charge in [0, 0.05) is 38.8 Å². The summed E-state index contributed by atoms with van der Waals surface area (Å²) in [5, 5.41) is 7.34. The monoisotopic (exact) mass is 340 g/mol. The molecule has 3 rings (SSSR count). The highest BCUT2D eigenvalue weighted by Crippen LogP contribution is 2.41. The molecule has 5 heteroatoms. The Morgan fingerprint density at radius 3 is 2.88 bits per heavy atom. The van der Waals surface area contributed by atoms with Crippen molar-refractivity contribution in [2.24, 2.45) is 12.5 Å². The molecule has 1 N–H and O–H groups in total. The molecule has 1 amide bonds. The highest BCUT2D eigenvalue weighted by Gasteiger charge is 2.41. The predicted molar refractivity (Wildman–Crippen MR) is 99.2 cm³/mol. The molecule has 0 aliphatic carbocycles. The highest BCUT2D eigenvalue weighted by molar-refractivity contribution is 5.78. The predicted octanol–water partition coefficient (Wildman–Crippen LogP) is 2.47. The van der Waals surface area contributed by atoms with Crippen LogP contribution in [0.5, 0.6) is 0 Å². The second kappa shape index (κ2) is 7.00. The maximum Gasteiger partial charge on any atom is 0.234 e. The van der Waals surface area contributed by atoms with E-state index in [1.165, 1.54) is 11.1 Å². The average Bonchev–Trinajstić information content (AvgIpc) is 3.08. The second-order valence-corrected chi connectivity index (χ2v) is 7.92. The van der Waals surface area contributed by atoms with Crippen LogP contribution in [0.1, 0.15) is 36.5 Å². The van der Waals surface area contributed by atoms with Gasteiger partial charge in [-0.05, 0) is 23.5 Å². The number of aromatic nitrogens is 2. The zero-order valence-electron chi connectivity index (χ0n) is 15.6. The number of hydrogen-bond donors (Lipinski definition) is 1. The van der Waals surface area contributed by atoms with E-state index >= 15 is 0 Å².